The van der Waals surface area contributed by atoms with E-state index in [9.17, 15) is 0 Å². The van der Waals surface area contributed by atoms with Crippen molar-refractivity contribution >= 4 is 9.05 Å². The summed E-state index contributed by atoms with van der Waals surface area (Å²) < 4.78 is 25.6. The highest BCUT2D eigenvalue weighted by Crippen LogP contribution is 2.42. The molecular weight excluding hydrogens is 392 g/mol. The van der Waals surface area contributed by atoms with Crippen molar-refractivity contribution in [3.8, 4) is 11.5 Å². The zero-order valence-electron chi connectivity index (χ0n) is 19.7. The molecule has 2 aromatic rings. The Morgan fingerprint density at radius 3 is 1.50 bits per heavy atom. The summed E-state index contributed by atoms with van der Waals surface area (Å²) in [4.78, 5) is 0. The summed E-state index contributed by atoms with van der Waals surface area (Å²) in [6.07, 6.45) is 0.760. The fourth-order valence-corrected chi connectivity index (χ4v) is 6.18. The minimum atomic E-state index is -3.46. The first kappa shape index (κ1) is 22.9. The van der Waals surface area contributed by atoms with Crippen LogP contribution >= 0.6 is 0 Å². The van der Waals surface area contributed by atoms with Crippen molar-refractivity contribution in [2.75, 3.05) is 13.2 Å². The van der Waals surface area contributed by atoms with Gasteiger partial charge in [0.15, 0.2) is 0 Å². The Morgan fingerprint density at radius 1 is 0.767 bits per heavy atom. The highest BCUT2D eigenvalue weighted by molar-refractivity contribution is 6.55. The number of rotatable bonds is 6. The van der Waals surface area contributed by atoms with Gasteiger partial charge in [0.1, 0.15) is 11.5 Å². The van der Waals surface area contributed by atoms with E-state index in [2.05, 4.69) is 65.8 Å². The normalized spacial score (nSPS) is 15.1. The second-order valence-electron chi connectivity index (χ2n) is 8.74. The average molecular weight is 429 g/mol. The van der Waals surface area contributed by atoms with Gasteiger partial charge in [-0.15, -0.1) is 0 Å². The van der Waals surface area contributed by atoms with Crippen LogP contribution in [0.15, 0.2) is 24.3 Å². The van der Waals surface area contributed by atoms with E-state index in [1.54, 1.807) is 0 Å². The molecule has 3 rings (SSSR count). The van der Waals surface area contributed by atoms with Crippen molar-refractivity contribution < 1.29 is 17.7 Å². The first-order valence-corrected chi connectivity index (χ1v) is 12.8. The molecule has 0 amide bonds. The van der Waals surface area contributed by atoms with Crippen LogP contribution in [-0.2, 0) is 15.3 Å². The second-order valence-corrected chi connectivity index (χ2v) is 10.7. The molecule has 1 aliphatic heterocycles. The van der Waals surface area contributed by atoms with E-state index >= 15 is 0 Å². The van der Waals surface area contributed by atoms with E-state index in [1.807, 2.05) is 13.8 Å². The van der Waals surface area contributed by atoms with Gasteiger partial charge in [0, 0.05) is 19.6 Å². The second kappa shape index (κ2) is 9.12. The molecule has 2 aromatic carbocycles. The zero-order chi connectivity index (χ0) is 22.1. The molecule has 1 heterocycles. The highest BCUT2D eigenvalue weighted by Gasteiger charge is 2.53. The van der Waals surface area contributed by atoms with Crippen LogP contribution in [0.5, 0.6) is 11.5 Å². The topological polar surface area (TPSA) is 36.9 Å². The van der Waals surface area contributed by atoms with Crippen molar-refractivity contribution in [3.63, 3.8) is 0 Å². The summed E-state index contributed by atoms with van der Waals surface area (Å²) in [6, 6.07) is 8.87. The van der Waals surface area contributed by atoms with Gasteiger partial charge in [0.2, 0.25) is 0 Å². The Morgan fingerprint density at radius 2 is 1.17 bits per heavy atom. The van der Waals surface area contributed by atoms with Crippen molar-refractivity contribution in [3.05, 3.63) is 57.6 Å². The standard InChI is InChI=1S/C25H36O4Si/c1-9-26-30(27-10-2)28-24-20(11-18(7)13-22(24)16(3)4)15-21-12-19(8)14-23(17(5)6)25(21)29-30/h11-14,16-17H,9-10,15H2,1-8H3. The van der Waals surface area contributed by atoms with Gasteiger partial charge in [0.25, 0.3) is 0 Å². The van der Waals surface area contributed by atoms with Gasteiger partial charge >= 0.3 is 9.05 Å². The van der Waals surface area contributed by atoms with Crippen molar-refractivity contribution in [1.29, 1.82) is 0 Å². The van der Waals surface area contributed by atoms with Crippen LogP contribution in [0.3, 0.4) is 0 Å². The largest absolute Gasteiger partial charge is 0.820 e. The fourth-order valence-electron chi connectivity index (χ4n) is 4.11. The fraction of sp³-hybridized carbons (Fsp3) is 0.520. The van der Waals surface area contributed by atoms with Crippen molar-refractivity contribution in [2.24, 2.45) is 0 Å². The lowest BCUT2D eigenvalue weighted by Crippen LogP contribution is -2.56. The minimum absolute atomic E-state index is 0.316. The molecule has 0 aliphatic carbocycles. The van der Waals surface area contributed by atoms with E-state index < -0.39 is 9.05 Å². The van der Waals surface area contributed by atoms with Gasteiger partial charge in [-0.1, -0.05) is 63.1 Å². The van der Waals surface area contributed by atoms with Gasteiger partial charge in [0.05, 0.1) is 0 Å². The first-order chi connectivity index (χ1) is 14.2. The van der Waals surface area contributed by atoms with Crippen LogP contribution in [0.4, 0.5) is 0 Å². The Bertz CT molecular complexity index is 831. The molecule has 0 spiro atoms. The van der Waals surface area contributed by atoms with Gasteiger partial charge in [-0.05, 0) is 61.8 Å². The van der Waals surface area contributed by atoms with Gasteiger partial charge in [-0.2, -0.15) is 0 Å². The Balaban J connectivity index is 2.32. The third kappa shape index (κ3) is 4.58. The van der Waals surface area contributed by atoms with Crippen molar-refractivity contribution in [2.45, 2.75) is 73.6 Å². The molecule has 0 saturated heterocycles. The molecule has 5 heteroatoms. The zero-order valence-corrected chi connectivity index (χ0v) is 20.7. The number of hydrogen-bond donors (Lipinski definition) is 0. The molecule has 164 valence electrons. The van der Waals surface area contributed by atoms with E-state index in [-0.39, 0.29) is 0 Å². The van der Waals surface area contributed by atoms with Crippen LogP contribution < -0.4 is 8.85 Å². The molecule has 0 fully saturated rings. The van der Waals surface area contributed by atoms with Crippen LogP contribution in [0.2, 0.25) is 0 Å². The lowest BCUT2D eigenvalue weighted by atomic mass is 9.90. The van der Waals surface area contributed by atoms with E-state index in [0.717, 1.165) is 17.9 Å². The van der Waals surface area contributed by atoms with Crippen LogP contribution in [0.25, 0.3) is 0 Å². The summed E-state index contributed by atoms with van der Waals surface area (Å²) in [5.74, 6) is 2.36. The van der Waals surface area contributed by atoms with Gasteiger partial charge < -0.3 is 17.7 Å². The molecule has 4 nitrogen and oxygen atoms in total. The first-order valence-electron chi connectivity index (χ1n) is 11.1. The number of aryl methyl sites for hydroxylation is 2. The predicted octanol–water partition coefficient (Wildman–Crippen LogP) is 6.42. The quantitative estimate of drug-likeness (QED) is 0.497. The molecule has 0 bridgehead atoms. The molecular formula is C25H36O4Si. The van der Waals surface area contributed by atoms with Gasteiger partial charge in [-0.3, -0.25) is 0 Å². The number of fused-ring (bicyclic) bond motifs is 2. The minimum Gasteiger partial charge on any atom is -0.470 e. The Labute approximate surface area is 183 Å². The molecule has 0 radical (unpaired) electrons. The predicted molar refractivity (Wildman–Crippen MR) is 124 cm³/mol. The lowest BCUT2D eigenvalue weighted by Gasteiger charge is -2.34. The maximum atomic E-state index is 6.65. The summed E-state index contributed by atoms with van der Waals surface area (Å²) in [5, 5.41) is 0. The molecule has 0 saturated carbocycles. The average Bonchev–Trinajstić information content (AvgIpc) is 2.64. The Hall–Kier alpha value is -1.82. The molecule has 0 atom stereocenters. The highest BCUT2D eigenvalue weighted by atomic mass is 28.4. The Kier molecular flexibility index (Phi) is 6.95. The summed E-state index contributed by atoms with van der Waals surface area (Å²) >= 11 is 0. The maximum absolute atomic E-state index is 6.65. The molecule has 30 heavy (non-hydrogen) atoms. The van der Waals surface area contributed by atoms with Crippen molar-refractivity contribution in [1.82, 2.24) is 0 Å². The van der Waals surface area contributed by atoms with E-state index in [4.69, 9.17) is 17.7 Å². The number of hydrogen-bond acceptors (Lipinski definition) is 4. The van der Waals surface area contributed by atoms with Crippen LogP contribution in [0.1, 0.15) is 86.8 Å². The summed E-state index contributed by atoms with van der Waals surface area (Å²) in [7, 11) is -3.46. The van der Waals surface area contributed by atoms with E-state index in [0.29, 0.717) is 25.0 Å². The monoisotopic (exact) mass is 428 g/mol. The summed E-state index contributed by atoms with van der Waals surface area (Å²) in [5.41, 5.74) is 7.15. The maximum Gasteiger partial charge on any atom is 0.820 e. The molecule has 0 N–H and O–H groups in total. The van der Waals surface area contributed by atoms with Crippen LogP contribution in [0, 0.1) is 13.8 Å². The SMILES string of the molecule is CCO[Si]1(OCC)Oc2c(cc(C)cc2C(C)C)Cc2cc(C)cc(C(C)C)c2O1. The molecule has 0 unspecified atom stereocenters. The van der Waals surface area contributed by atoms with E-state index in [1.165, 1.54) is 33.4 Å². The molecule has 1 aliphatic rings. The summed E-state index contributed by atoms with van der Waals surface area (Å²) in [6.45, 7) is 17.9. The lowest BCUT2D eigenvalue weighted by molar-refractivity contribution is 0.0470. The third-order valence-electron chi connectivity index (χ3n) is 5.40. The molecule has 0 aromatic heterocycles. The van der Waals surface area contributed by atoms with Gasteiger partial charge in [-0.25, -0.2) is 0 Å². The number of benzene rings is 2. The third-order valence-corrected chi connectivity index (χ3v) is 7.59. The van der Waals surface area contributed by atoms with Crippen LogP contribution in [-0.4, -0.2) is 22.3 Å². The smallest absolute Gasteiger partial charge is 0.470 e.